The second kappa shape index (κ2) is 12.8. The first-order valence-electron chi connectivity index (χ1n) is 12.6. The lowest BCUT2D eigenvalue weighted by Gasteiger charge is -2.32. The van der Waals surface area contributed by atoms with Crippen LogP contribution in [0.3, 0.4) is 0 Å². The first kappa shape index (κ1) is 26.1. The molecule has 0 atom stereocenters. The smallest absolute Gasteiger partial charge is 0.188 e. The summed E-state index contributed by atoms with van der Waals surface area (Å²) < 4.78 is 25.9. The monoisotopic (exact) mass is 496 g/mol. The van der Waals surface area contributed by atoms with Crippen molar-refractivity contribution in [3.05, 3.63) is 65.7 Å². The number of hydrogen-bond acceptors (Lipinski definition) is 5. The number of nitrogens with one attached hydrogen (secondary N) is 1. The van der Waals surface area contributed by atoms with Gasteiger partial charge in [0.2, 0.25) is 0 Å². The van der Waals surface area contributed by atoms with Gasteiger partial charge in [-0.25, -0.2) is 14.4 Å². The molecule has 9 heteroatoms. The summed E-state index contributed by atoms with van der Waals surface area (Å²) in [4.78, 5) is 11.7. The summed E-state index contributed by atoms with van der Waals surface area (Å²) in [6.45, 7) is 4.83. The molecule has 0 bridgehead atoms. The van der Waals surface area contributed by atoms with Crippen LogP contribution in [-0.4, -0.2) is 73.6 Å². The van der Waals surface area contributed by atoms with Crippen molar-refractivity contribution in [2.75, 3.05) is 46.9 Å². The Balaban J connectivity index is 1.29. The van der Waals surface area contributed by atoms with Crippen molar-refractivity contribution in [3.8, 4) is 0 Å². The predicted octanol–water partition coefficient (Wildman–Crippen LogP) is 3.00. The van der Waals surface area contributed by atoms with Gasteiger partial charge in [0.1, 0.15) is 11.6 Å². The number of hydrogen-bond donors (Lipinski definition) is 2. The zero-order chi connectivity index (χ0) is 25.3. The van der Waals surface area contributed by atoms with E-state index < -0.39 is 0 Å². The zero-order valence-corrected chi connectivity index (χ0v) is 21.2. The quantitative estimate of drug-likeness (QED) is 0.241. The van der Waals surface area contributed by atoms with Crippen LogP contribution in [0.1, 0.15) is 24.2 Å². The van der Waals surface area contributed by atoms with Gasteiger partial charge in [0.25, 0.3) is 0 Å². The molecule has 1 aromatic heterocycles. The molecule has 194 valence electrons. The molecular weight excluding hydrogens is 459 g/mol. The maximum Gasteiger partial charge on any atom is 0.188 e. The lowest BCUT2D eigenvalue weighted by molar-refractivity contribution is -0.0937. The third-order valence-corrected chi connectivity index (χ3v) is 6.84. The zero-order valence-electron chi connectivity index (χ0n) is 21.2. The molecule has 1 fully saturated rings. The average molecular weight is 497 g/mol. The number of para-hydroxylation sites is 2. The molecular formula is C27H37FN6O2. The average Bonchev–Trinajstić information content (AvgIpc) is 3.23. The van der Waals surface area contributed by atoms with Crippen LogP contribution in [0.4, 0.5) is 4.39 Å². The van der Waals surface area contributed by atoms with E-state index in [1.54, 1.807) is 14.2 Å². The molecule has 0 radical (unpaired) electrons. The summed E-state index contributed by atoms with van der Waals surface area (Å²) in [5.74, 6) is 1.89. The number of halogens is 1. The van der Waals surface area contributed by atoms with Gasteiger partial charge in [-0.1, -0.05) is 24.3 Å². The molecule has 0 unspecified atom stereocenters. The van der Waals surface area contributed by atoms with Gasteiger partial charge in [0.05, 0.1) is 17.6 Å². The molecule has 0 aliphatic carbocycles. The van der Waals surface area contributed by atoms with Gasteiger partial charge in [0.15, 0.2) is 12.2 Å². The van der Waals surface area contributed by atoms with Crippen molar-refractivity contribution in [1.82, 2.24) is 19.8 Å². The number of benzene rings is 2. The minimum absolute atomic E-state index is 0.211. The van der Waals surface area contributed by atoms with E-state index in [9.17, 15) is 4.39 Å². The van der Waals surface area contributed by atoms with E-state index in [1.807, 2.05) is 24.3 Å². The number of rotatable bonds is 11. The van der Waals surface area contributed by atoms with Crippen LogP contribution >= 0.6 is 0 Å². The Bertz CT molecular complexity index is 1120. The Morgan fingerprint density at radius 1 is 1.14 bits per heavy atom. The normalized spacial score (nSPS) is 15.7. The topological polar surface area (TPSA) is 89.9 Å². The highest BCUT2D eigenvalue weighted by molar-refractivity contribution is 5.77. The van der Waals surface area contributed by atoms with Crippen LogP contribution in [0.2, 0.25) is 0 Å². The van der Waals surface area contributed by atoms with Crippen LogP contribution in [0.25, 0.3) is 11.0 Å². The summed E-state index contributed by atoms with van der Waals surface area (Å²) in [5, 5.41) is 3.17. The van der Waals surface area contributed by atoms with Crippen molar-refractivity contribution >= 4 is 17.0 Å². The standard InChI is InChI=1S/C27H37FN6O2/c1-35-26(36-2)18-31-27(29)30-13-16-33-14-11-20(12-15-33)17-25-32-23-5-3-4-6-24(23)34(25)19-21-7-9-22(28)10-8-21/h3-10,20,26H,11-19H2,1-2H3,(H3,29,30,31). The van der Waals surface area contributed by atoms with Gasteiger partial charge in [-0.3, -0.25) is 0 Å². The van der Waals surface area contributed by atoms with E-state index in [2.05, 4.69) is 31.9 Å². The summed E-state index contributed by atoms with van der Waals surface area (Å²) in [7, 11) is 3.16. The highest BCUT2D eigenvalue weighted by Gasteiger charge is 2.22. The van der Waals surface area contributed by atoms with Crippen LogP contribution in [-0.2, 0) is 22.4 Å². The number of imidazole rings is 1. The van der Waals surface area contributed by atoms with Gasteiger partial charge in [-0.2, -0.15) is 0 Å². The second-order valence-electron chi connectivity index (χ2n) is 9.27. The Morgan fingerprint density at radius 3 is 2.58 bits per heavy atom. The minimum atomic E-state index is -0.381. The third kappa shape index (κ3) is 7.02. The molecule has 4 rings (SSSR count). The van der Waals surface area contributed by atoms with E-state index >= 15 is 0 Å². The Morgan fingerprint density at radius 2 is 1.86 bits per heavy atom. The molecule has 1 saturated heterocycles. The van der Waals surface area contributed by atoms with E-state index in [-0.39, 0.29) is 12.1 Å². The van der Waals surface area contributed by atoms with Crippen molar-refractivity contribution in [1.29, 1.82) is 0 Å². The molecule has 3 aromatic rings. The molecule has 2 aromatic carbocycles. The molecule has 0 saturated carbocycles. The number of aromatic nitrogens is 2. The van der Waals surface area contributed by atoms with Crippen LogP contribution < -0.4 is 11.1 Å². The lowest BCUT2D eigenvalue weighted by atomic mass is 9.93. The van der Waals surface area contributed by atoms with Gasteiger partial charge in [0, 0.05) is 40.3 Å². The van der Waals surface area contributed by atoms with Crippen LogP contribution in [0.15, 0.2) is 53.5 Å². The number of ether oxygens (including phenoxy) is 2. The minimum Gasteiger partial charge on any atom is -0.370 e. The molecule has 0 spiro atoms. The molecule has 36 heavy (non-hydrogen) atoms. The molecule has 1 aliphatic rings. The van der Waals surface area contributed by atoms with Crippen molar-refractivity contribution in [3.63, 3.8) is 0 Å². The van der Waals surface area contributed by atoms with E-state index in [0.29, 0.717) is 25.0 Å². The van der Waals surface area contributed by atoms with Crippen LogP contribution in [0.5, 0.6) is 0 Å². The number of likely N-dealkylation sites (tertiary alicyclic amines) is 1. The number of nitrogens with two attached hydrogens (primary N) is 1. The Kier molecular flexibility index (Phi) is 9.27. The highest BCUT2D eigenvalue weighted by atomic mass is 19.1. The fraction of sp³-hybridized carbons (Fsp3) is 0.481. The molecule has 3 N–H and O–H groups in total. The number of nitrogens with zero attached hydrogens (tertiary/aromatic N) is 4. The van der Waals surface area contributed by atoms with Crippen LogP contribution in [0, 0.1) is 11.7 Å². The van der Waals surface area contributed by atoms with E-state index in [1.165, 1.54) is 12.1 Å². The molecule has 0 amide bonds. The molecule has 8 nitrogen and oxygen atoms in total. The van der Waals surface area contributed by atoms with Crippen molar-refractivity contribution < 1.29 is 13.9 Å². The SMILES string of the molecule is COC(CN=C(N)NCCN1CCC(Cc2nc3ccccc3n2Cc2ccc(F)cc2)CC1)OC. The van der Waals surface area contributed by atoms with Gasteiger partial charge < -0.3 is 30.0 Å². The molecule has 1 aliphatic heterocycles. The number of piperidine rings is 1. The summed E-state index contributed by atoms with van der Waals surface area (Å²) >= 11 is 0. The molecule has 2 heterocycles. The third-order valence-electron chi connectivity index (χ3n) is 6.84. The van der Waals surface area contributed by atoms with E-state index in [4.69, 9.17) is 20.2 Å². The number of aliphatic imine (C=N–C) groups is 1. The lowest BCUT2D eigenvalue weighted by Crippen LogP contribution is -2.42. The van der Waals surface area contributed by atoms with Crippen molar-refractivity contribution in [2.24, 2.45) is 16.6 Å². The largest absolute Gasteiger partial charge is 0.370 e. The number of fused-ring (bicyclic) bond motifs is 1. The van der Waals surface area contributed by atoms with Gasteiger partial charge >= 0.3 is 0 Å². The second-order valence-corrected chi connectivity index (χ2v) is 9.27. The van der Waals surface area contributed by atoms with Crippen molar-refractivity contribution in [2.45, 2.75) is 32.1 Å². The summed E-state index contributed by atoms with van der Waals surface area (Å²) in [6, 6.07) is 15.0. The fourth-order valence-electron chi connectivity index (χ4n) is 4.72. The van der Waals surface area contributed by atoms with Gasteiger partial charge in [-0.05, 0) is 61.7 Å². The first-order valence-corrected chi connectivity index (χ1v) is 12.6. The maximum absolute atomic E-state index is 13.4. The number of methoxy groups -OCH3 is 2. The maximum atomic E-state index is 13.4. The first-order chi connectivity index (χ1) is 17.6. The summed E-state index contributed by atoms with van der Waals surface area (Å²) in [5.41, 5.74) is 9.16. The fourth-order valence-corrected chi connectivity index (χ4v) is 4.72. The highest BCUT2D eigenvalue weighted by Crippen LogP contribution is 2.25. The predicted molar refractivity (Wildman–Crippen MR) is 140 cm³/mol. The summed E-state index contributed by atoms with van der Waals surface area (Å²) in [6.07, 6.45) is 2.83. The van der Waals surface area contributed by atoms with E-state index in [0.717, 1.165) is 67.9 Å². The van der Waals surface area contributed by atoms with Gasteiger partial charge in [-0.15, -0.1) is 0 Å². The number of guanidine groups is 1. The Hall–Kier alpha value is -3.01. The Labute approximate surface area is 212 Å².